The number of hydrogen-bond acceptors (Lipinski definition) is 15. The lowest BCUT2D eigenvalue weighted by molar-refractivity contribution is -0.164. The van der Waals surface area contributed by atoms with Gasteiger partial charge in [0.05, 0.1) is 19.8 Å². The summed E-state index contributed by atoms with van der Waals surface area (Å²) in [5, 5.41) is 39.8. The number of rotatable bonds is 8. The molecule has 10 rings (SSSR count). The van der Waals surface area contributed by atoms with Crippen molar-refractivity contribution in [2.45, 2.75) is 18.6 Å². The molecule has 3 aliphatic rings. The number of ether oxygens (including phenoxy) is 2. The zero-order chi connectivity index (χ0) is 49.2. The van der Waals surface area contributed by atoms with Gasteiger partial charge in [-0.1, -0.05) is 60.7 Å². The van der Waals surface area contributed by atoms with Crippen molar-refractivity contribution in [2.75, 3.05) is 0 Å². The van der Waals surface area contributed by atoms with Crippen molar-refractivity contribution in [2.24, 2.45) is 9.98 Å². The Balaban J connectivity index is 1.18. The molecule has 3 aromatic heterocycles. The number of nitriles is 4. The van der Waals surface area contributed by atoms with Crippen LogP contribution in [-0.4, -0.2) is 34.9 Å². The van der Waals surface area contributed by atoms with Gasteiger partial charge < -0.3 is 9.47 Å². The fraction of sp³-hybridized carbons (Fsp3) is 0.0588. The Labute approximate surface area is 403 Å². The van der Waals surface area contributed by atoms with Gasteiger partial charge in [-0.15, -0.1) is 34.0 Å². The Morgan fingerprint density at radius 3 is 1.50 bits per heavy atom. The largest absolute Gasteiger partial charge is 0.459 e. The summed E-state index contributed by atoms with van der Waals surface area (Å²) < 4.78 is 72.1. The first-order valence-corrected chi connectivity index (χ1v) is 22.8. The number of halogens is 4. The van der Waals surface area contributed by atoms with Crippen molar-refractivity contribution in [3.63, 3.8) is 0 Å². The molecule has 0 radical (unpaired) electrons. The highest BCUT2D eigenvalue weighted by Crippen LogP contribution is 2.57. The summed E-state index contributed by atoms with van der Waals surface area (Å²) in [4.78, 5) is 67.7. The second kappa shape index (κ2) is 17.3. The molecule has 3 aliphatic carbocycles. The van der Waals surface area contributed by atoms with Crippen LogP contribution in [0.3, 0.4) is 0 Å². The normalized spacial score (nSPS) is 15.3. The van der Waals surface area contributed by atoms with Crippen LogP contribution in [0.15, 0.2) is 118 Å². The Morgan fingerprint density at radius 2 is 1.03 bits per heavy atom. The molecule has 4 aromatic carbocycles. The van der Waals surface area contributed by atoms with Gasteiger partial charge in [-0.25, -0.2) is 27.5 Å². The highest BCUT2D eigenvalue weighted by atomic mass is 32.1. The van der Waals surface area contributed by atoms with E-state index in [4.69, 9.17) is 9.47 Å². The molecular weight excluding hydrogens is 965 g/mol. The first kappa shape index (κ1) is 44.8. The number of benzene rings is 4. The number of allylic oxidation sites excluding steroid dienone is 4. The van der Waals surface area contributed by atoms with Crippen molar-refractivity contribution in [1.29, 1.82) is 21.0 Å². The van der Waals surface area contributed by atoms with E-state index < -0.39 is 91.6 Å². The summed E-state index contributed by atoms with van der Waals surface area (Å²) in [5.74, 6) is -9.72. The molecule has 0 saturated heterocycles. The standard InChI is InChI=1S/C51H20F4N6O6S3/c52-31-11-27-29(13-33(31)54)44(62)42(39(27)25(17-56)18-57)60-37-15-35-41(51(37,49(64)66-21-23-7-3-1-4-8-23)50(65)67-22-24-9-5-2-6-10-24)47-48(68-35)46-36(69-47)16-38(70-46)61-43-40(26(19-58)20-59)28-12-32(53)34(55)14-30(28)45(43)63/h1-16H,21-22H2. The number of esters is 2. The van der Waals surface area contributed by atoms with E-state index in [-0.39, 0.29) is 50.9 Å². The minimum absolute atomic E-state index is 0.0407. The van der Waals surface area contributed by atoms with E-state index in [9.17, 15) is 48.2 Å². The van der Waals surface area contributed by atoms with Gasteiger partial charge in [-0.2, -0.15) is 21.0 Å². The minimum atomic E-state index is -2.65. The molecule has 7 aromatic rings. The van der Waals surface area contributed by atoms with Crippen LogP contribution in [0.4, 0.5) is 22.6 Å². The van der Waals surface area contributed by atoms with Crippen LogP contribution < -0.4 is 0 Å². The summed E-state index contributed by atoms with van der Waals surface area (Å²) in [6, 6.07) is 27.9. The van der Waals surface area contributed by atoms with Crippen molar-refractivity contribution in [3.05, 3.63) is 175 Å². The van der Waals surface area contributed by atoms with Crippen LogP contribution in [0.2, 0.25) is 0 Å². The maximum atomic E-state index is 15.2. The highest BCUT2D eigenvalue weighted by Gasteiger charge is 2.60. The minimum Gasteiger partial charge on any atom is -0.459 e. The first-order chi connectivity index (χ1) is 33.8. The van der Waals surface area contributed by atoms with Gasteiger partial charge in [0.2, 0.25) is 17.0 Å². The van der Waals surface area contributed by atoms with E-state index in [0.717, 1.165) is 40.1 Å². The second-order valence-electron chi connectivity index (χ2n) is 15.4. The Morgan fingerprint density at radius 1 is 0.571 bits per heavy atom. The van der Waals surface area contributed by atoms with Crippen molar-refractivity contribution in [3.8, 4) is 24.3 Å². The van der Waals surface area contributed by atoms with E-state index in [0.29, 0.717) is 48.1 Å². The van der Waals surface area contributed by atoms with Gasteiger partial charge in [0.15, 0.2) is 23.3 Å². The molecule has 0 spiro atoms. The number of aliphatic imine (C=N–C) groups is 2. The van der Waals surface area contributed by atoms with Crippen molar-refractivity contribution in [1.82, 2.24) is 0 Å². The topological polar surface area (TPSA) is 207 Å². The Kier molecular flexibility index (Phi) is 11.1. The van der Waals surface area contributed by atoms with Gasteiger partial charge in [0.25, 0.3) is 0 Å². The quantitative estimate of drug-likeness (QED) is 0.0609. The second-order valence-corrected chi connectivity index (χ2v) is 18.6. The third kappa shape index (κ3) is 6.95. The SMILES string of the molecule is N#CC(C#N)=C1C(=NC2=Cc3sc4c(sc5cc(N=C6C(=O)c7cc(F)c(F)cc7C6=C(C#N)C#N)sc54)c3C2(C(=O)OCc2ccccc2)C(=O)OCc2ccccc2)C(=O)c2cc(F)c(F)cc21. The zero-order valence-corrected chi connectivity index (χ0v) is 37.5. The van der Waals surface area contributed by atoms with E-state index in [1.54, 1.807) is 91.0 Å². The molecule has 0 saturated carbocycles. The summed E-state index contributed by atoms with van der Waals surface area (Å²) >= 11 is 3.22. The Hall–Kier alpha value is -8.98. The molecular formula is C51H20F4N6O6S3. The van der Waals surface area contributed by atoms with Crippen LogP contribution in [0.1, 0.15) is 53.4 Å². The van der Waals surface area contributed by atoms with E-state index in [1.165, 1.54) is 6.08 Å². The number of carbonyl (C=O) groups excluding carboxylic acids is 4. The average molecular weight is 985 g/mol. The molecule has 0 fully saturated rings. The van der Waals surface area contributed by atoms with Gasteiger partial charge in [-0.3, -0.25) is 19.2 Å². The van der Waals surface area contributed by atoms with Crippen LogP contribution >= 0.6 is 34.0 Å². The monoisotopic (exact) mass is 984 g/mol. The van der Waals surface area contributed by atoms with Crippen LogP contribution in [0.5, 0.6) is 0 Å². The number of carbonyl (C=O) groups is 4. The van der Waals surface area contributed by atoms with Crippen LogP contribution in [0.25, 0.3) is 36.0 Å². The lowest BCUT2D eigenvalue weighted by Crippen LogP contribution is -2.46. The molecule has 0 amide bonds. The smallest absolute Gasteiger partial charge is 0.334 e. The Bertz CT molecular complexity index is 3820. The fourth-order valence-corrected chi connectivity index (χ4v) is 12.6. The number of ketones is 2. The molecule has 336 valence electrons. The number of hydrogen-bond donors (Lipinski definition) is 0. The maximum Gasteiger partial charge on any atom is 0.334 e. The van der Waals surface area contributed by atoms with Crippen LogP contribution in [0, 0.1) is 68.6 Å². The zero-order valence-electron chi connectivity index (χ0n) is 35.0. The lowest BCUT2D eigenvalue weighted by Gasteiger charge is -2.27. The molecule has 0 bridgehead atoms. The highest BCUT2D eigenvalue weighted by molar-refractivity contribution is 7.40. The number of Topliss-reactive ketones (excluding diaryl/α,β-unsaturated/α-hetero) is 2. The molecule has 0 unspecified atom stereocenters. The van der Waals surface area contributed by atoms with E-state index in [1.807, 2.05) is 0 Å². The lowest BCUT2D eigenvalue weighted by atomic mass is 9.81. The summed E-state index contributed by atoms with van der Waals surface area (Å²) in [6.45, 7) is -0.719. The van der Waals surface area contributed by atoms with Gasteiger partial charge in [0.1, 0.15) is 65.1 Å². The molecule has 3 heterocycles. The molecule has 0 aliphatic heterocycles. The third-order valence-electron chi connectivity index (χ3n) is 11.5. The number of nitrogens with zero attached hydrogens (tertiary/aromatic N) is 6. The summed E-state index contributed by atoms with van der Waals surface area (Å²) in [7, 11) is 0. The average Bonchev–Trinajstić information content (AvgIpc) is 4.18. The first-order valence-electron chi connectivity index (χ1n) is 20.3. The summed E-state index contributed by atoms with van der Waals surface area (Å²) in [6.07, 6.45) is 1.34. The molecule has 0 N–H and O–H groups in total. The summed E-state index contributed by atoms with van der Waals surface area (Å²) in [5.41, 5.74) is -6.29. The number of thiophene rings is 3. The molecule has 19 heteroatoms. The molecule has 12 nitrogen and oxygen atoms in total. The predicted octanol–water partition coefficient (Wildman–Crippen LogP) is 10.7. The third-order valence-corrected chi connectivity index (χ3v) is 15.3. The van der Waals surface area contributed by atoms with Crippen molar-refractivity contribution < 1.29 is 46.2 Å². The van der Waals surface area contributed by atoms with Gasteiger partial charge in [-0.05, 0) is 47.5 Å². The molecule has 70 heavy (non-hydrogen) atoms. The maximum absolute atomic E-state index is 15.2. The van der Waals surface area contributed by atoms with E-state index >= 15 is 9.59 Å². The van der Waals surface area contributed by atoms with E-state index in [2.05, 4.69) is 9.98 Å². The van der Waals surface area contributed by atoms with Gasteiger partial charge >= 0.3 is 11.9 Å². The van der Waals surface area contributed by atoms with Crippen molar-refractivity contribution >= 4 is 110 Å². The molecule has 0 atom stereocenters. The van der Waals surface area contributed by atoms with Crippen LogP contribution in [-0.2, 0) is 37.7 Å². The fourth-order valence-electron chi connectivity index (χ4n) is 8.38. The predicted molar refractivity (Wildman–Crippen MR) is 249 cm³/mol. The number of fused-ring (bicyclic) bond motifs is 7. The van der Waals surface area contributed by atoms with Gasteiger partial charge in [0, 0.05) is 48.5 Å².